The second-order valence-corrected chi connectivity index (χ2v) is 6.33. The van der Waals surface area contributed by atoms with Crippen molar-refractivity contribution in [2.24, 2.45) is 7.05 Å². The van der Waals surface area contributed by atoms with Crippen molar-refractivity contribution in [3.05, 3.63) is 65.1 Å². The molecule has 0 fully saturated rings. The lowest BCUT2D eigenvalue weighted by Gasteiger charge is -2.15. The maximum absolute atomic E-state index is 14.5. The molecule has 1 aromatic heterocycles. The molecule has 2 aromatic carbocycles. The number of aromatic nitrogens is 1. The Labute approximate surface area is 154 Å². The van der Waals surface area contributed by atoms with Crippen molar-refractivity contribution in [2.75, 3.05) is 13.6 Å². The van der Waals surface area contributed by atoms with Crippen LogP contribution in [0.25, 0.3) is 10.9 Å². The van der Waals surface area contributed by atoms with Crippen LogP contribution < -0.4 is 10.1 Å². The van der Waals surface area contributed by atoms with Gasteiger partial charge in [-0.05, 0) is 43.8 Å². The minimum atomic E-state index is -4.49. The standard InChI is InChI=1S/C20H20F4N2O/c1-25-10-9-13-11-26(2)17-8-7-16(21)19(18(13)17)27-12-14-5-3-4-6-15(14)20(22,23)24/h3-8,11,25H,9-10,12H2,1-2H3. The van der Waals surface area contributed by atoms with Crippen molar-refractivity contribution < 1.29 is 22.3 Å². The Morgan fingerprint density at radius 3 is 2.52 bits per heavy atom. The van der Waals surface area contributed by atoms with E-state index in [2.05, 4.69) is 5.32 Å². The highest BCUT2D eigenvalue weighted by Gasteiger charge is 2.33. The Morgan fingerprint density at radius 1 is 1.07 bits per heavy atom. The third kappa shape index (κ3) is 3.93. The van der Waals surface area contributed by atoms with E-state index in [0.717, 1.165) is 17.1 Å². The first-order chi connectivity index (χ1) is 12.8. The molecule has 0 unspecified atom stereocenters. The summed E-state index contributed by atoms with van der Waals surface area (Å²) >= 11 is 0. The van der Waals surface area contributed by atoms with Gasteiger partial charge in [0.1, 0.15) is 6.61 Å². The van der Waals surface area contributed by atoms with Crippen molar-refractivity contribution >= 4 is 10.9 Å². The van der Waals surface area contributed by atoms with E-state index in [-0.39, 0.29) is 17.9 Å². The van der Waals surface area contributed by atoms with Gasteiger partial charge in [-0.2, -0.15) is 13.2 Å². The van der Waals surface area contributed by atoms with E-state index < -0.39 is 17.6 Å². The Balaban J connectivity index is 1.99. The predicted octanol–water partition coefficient (Wildman–Crippen LogP) is 4.68. The predicted molar refractivity (Wildman–Crippen MR) is 96.3 cm³/mol. The molecule has 0 saturated carbocycles. The van der Waals surface area contributed by atoms with Gasteiger partial charge in [0.15, 0.2) is 11.6 Å². The van der Waals surface area contributed by atoms with E-state index in [1.54, 1.807) is 6.07 Å². The molecule has 0 saturated heterocycles. The van der Waals surface area contributed by atoms with E-state index in [9.17, 15) is 17.6 Å². The third-order valence-corrected chi connectivity index (χ3v) is 4.48. The highest BCUT2D eigenvalue weighted by atomic mass is 19.4. The first kappa shape index (κ1) is 19.2. The van der Waals surface area contributed by atoms with Crippen molar-refractivity contribution in [3.63, 3.8) is 0 Å². The molecular formula is C20H20F4N2O. The molecule has 0 amide bonds. The smallest absolute Gasteiger partial charge is 0.416 e. The molecule has 0 bridgehead atoms. The Bertz CT molecular complexity index is 947. The van der Waals surface area contributed by atoms with Gasteiger partial charge in [0.25, 0.3) is 0 Å². The SMILES string of the molecule is CNCCc1cn(C)c2ccc(F)c(OCc3ccccc3C(F)(F)F)c12. The summed E-state index contributed by atoms with van der Waals surface area (Å²) in [5, 5.41) is 3.63. The first-order valence-corrected chi connectivity index (χ1v) is 8.52. The van der Waals surface area contributed by atoms with Crippen LogP contribution in [0.5, 0.6) is 5.75 Å². The van der Waals surface area contributed by atoms with Gasteiger partial charge >= 0.3 is 6.18 Å². The zero-order valence-corrected chi connectivity index (χ0v) is 15.0. The number of rotatable bonds is 6. The highest BCUT2D eigenvalue weighted by Crippen LogP contribution is 2.36. The summed E-state index contributed by atoms with van der Waals surface area (Å²) in [5.41, 5.74) is 0.831. The lowest BCUT2D eigenvalue weighted by molar-refractivity contribution is -0.138. The van der Waals surface area contributed by atoms with Gasteiger partial charge < -0.3 is 14.6 Å². The molecule has 3 nitrogen and oxygen atoms in total. The summed E-state index contributed by atoms with van der Waals surface area (Å²) in [4.78, 5) is 0. The van der Waals surface area contributed by atoms with Gasteiger partial charge in [0.2, 0.25) is 0 Å². The molecular weight excluding hydrogens is 360 g/mol. The van der Waals surface area contributed by atoms with Gasteiger partial charge in [-0.25, -0.2) is 4.39 Å². The van der Waals surface area contributed by atoms with E-state index in [0.29, 0.717) is 18.4 Å². The van der Waals surface area contributed by atoms with Crippen LogP contribution in [0.1, 0.15) is 16.7 Å². The molecule has 3 rings (SSSR count). The fourth-order valence-corrected chi connectivity index (χ4v) is 3.18. The van der Waals surface area contributed by atoms with Crippen molar-refractivity contribution in [2.45, 2.75) is 19.2 Å². The molecule has 0 aliphatic heterocycles. The summed E-state index contributed by atoms with van der Waals surface area (Å²) in [6, 6.07) is 8.08. The number of nitrogens with one attached hydrogen (secondary N) is 1. The fraction of sp³-hybridized carbons (Fsp3) is 0.300. The Hall–Kier alpha value is -2.54. The lowest BCUT2D eigenvalue weighted by atomic mass is 10.1. The number of halogens is 4. The molecule has 0 atom stereocenters. The number of alkyl halides is 3. The third-order valence-electron chi connectivity index (χ3n) is 4.48. The lowest BCUT2D eigenvalue weighted by Crippen LogP contribution is -2.11. The van der Waals surface area contributed by atoms with Gasteiger partial charge in [-0.15, -0.1) is 0 Å². The average Bonchev–Trinajstić information content (AvgIpc) is 2.94. The number of aryl methyl sites for hydroxylation is 1. The minimum absolute atomic E-state index is 0.0174. The van der Waals surface area contributed by atoms with Crippen LogP contribution in [-0.4, -0.2) is 18.2 Å². The number of ether oxygens (including phenoxy) is 1. The van der Waals surface area contributed by atoms with E-state index in [4.69, 9.17) is 4.74 Å². The Kier molecular flexibility index (Phi) is 5.41. The van der Waals surface area contributed by atoms with E-state index in [1.165, 1.54) is 24.3 Å². The van der Waals surface area contributed by atoms with Crippen LogP contribution in [0.2, 0.25) is 0 Å². The van der Waals surface area contributed by atoms with Crippen LogP contribution in [0, 0.1) is 5.82 Å². The van der Waals surface area contributed by atoms with Crippen LogP contribution in [0.15, 0.2) is 42.6 Å². The average molecular weight is 380 g/mol. The molecule has 7 heteroatoms. The molecule has 1 heterocycles. The second kappa shape index (κ2) is 7.60. The molecule has 0 radical (unpaired) electrons. The monoisotopic (exact) mass is 380 g/mol. The normalized spacial score (nSPS) is 11.9. The number of benzene rings is 2. The summed E-state index contributed by atoms with van der Waals surface area (Å²) in [6.45, 7) is 0.318. The van der Waals surface area contributed by atoms with Crippen molar-refractivity contribution in [3.8, 4) is 5.75 Å². The number of likely N-dealkylation sites (N-methyl/N-ethyl adjacent to an activating group) is 1. The van der Waals surface area contributed by atoms with E-state index >= 15 is 0 Å². The topological polar surface area (TPSA) is 26.2 Å². The van der Waals surface area contributed by atoms with Gasteiger partial charge in [-0.1, -0.05) is 18.2 Å². The van der Waals surface area contributed by atoms with Gasteiger partial charge in [0, 0.05) is 24.2 Å². The zero-order valence-electron chi connectivity index (χ0n) is 15.0. The van der Waals surface area contributed by atoms with Crippen molar-refractivity contribution in [1.29, 1.82) is 0 Å². The van der Waals surface area contributed by atoms with Crippen molar-refractivity contribution in [1.82, 2.24) is 9.88 Å². The number of hydrogen-bond acceptors (Lipinski definition) is 2. The number of nitrogens with zero attached hydrogens (tertiary/aromatic N) is 1. The summed E-state index contributed by atoms with van der Waals surface area (Å²) in [6.07, 6.45) is -1.96. The molecule has 0 aliphatic carbocycles. The van der Waals surface area contributed by atoms with E-state index in [1.807, 2.05) is 24.9 Å². The van der Waals surface area contributed by atoms with Crippen LogP contribution >= 0.6 is 0 Å². The fourth-order valence-electron chi connectivity index (χ4n) is 3.18. The maximum Gasteiger partial charge on any atom is 0.416 e. The quantitative estimate of drug-likeness (QED) is 0.629. The molecule has 0 spiro atoms. The maximum atomic E-state index is 14.5. The minimum Gasteiger partial charge on any atom is -0.485 e. The largest absolute Gasteiger partial charge is 0.485 e. The molecule has 144 valence electrons. The summed E-state index contributed by atoms with van der Waals surface area (Å²) in [7, 11) is 3.66. The molecule has 27 heavy (non-hydrogen) atoms. The number of fused-ring (bicyclic) bond motifs is 1. The van der Waals surface area contributed by atoms with Crippen LogP contribution in [0.4, 0.5) is 17.6 Å². The van der Waals surface area contributed by atoms with Gasteiger partial charge in [-0.3, -0.25) is 0 Å². The van der Waals surface area contributed by atoms with Crippen LogP contribution in [-0.2, 0) is 26.3 Å². The molecule has 3 aromatic rings. The zero-order chi connectivity index (χ0) is 19.6. The first-order valence-electron chi connectivity index (χ1n) is 8.52. The summed E-state index contributed by atoms with van der Waals surface area (Å²) < 4.78 is 61.5. The van der Waals surface area contributed by atoms with Crippen LogP contribution in [0.3, 0.4) is 0 Å². The highest BCUT2D eigenvalue weighted by molar-refractivity contribution is 5.90. The second-order valence-electron chi connectivity index (χ2n) is 6.33. The Morgan fingerprint density at radius 2 is 1.81 bits per heavy atom. The number of hydrogen-bond donors (Lipinski definition) is 1. The molecule has 1 N–H and O–H groups in total. The van der Waals surface area contributed by atoms with Gasteiger partial charge in [0.05, 0.1) is 11.1 Å². The summed E-state index contributed by atoms with van der Waals surface area (Å²) in [5.74, 6) is -0.611. The molecule has 0 aliphatic rings.